The van der Waals surface area contributed by atoms with Gasteiger partial charge in [-0.25, -0.2) is 0 Å². The first kappa shape index (κ1) is 25.4. The van der Waals surface area contributed by atoms with E-state index in [0.717, 1.165) is 64.0 Å². The van der Waals surface area contributed by atoms with Crippen molar-refractivity contribution in [1.82, 2.24) is 9.80 Å². The summed E-state index contributed by atoms with van der Waals surface area (Å²) >= 11 is 0. The van der Waals surface area contributed by atoms with E-state index in [2.05, 4.69) is 84.3 Å². The number of hydrogen-bond acceptors (Lipinski definition) is 4. The Kier molecular flexibility index (Phi) is 8.27. The maximum Gasteiger partial charge on any atom is 0.0846 e. The summed E-state index contributed by atoms with van der Waals surface area (Å²) in [5.74, 6) is 0.288. The van der Waals surface area contributed by atoms with Crippen LogP contribution < -0.4 is 0 Å². The smallest absolute Gasteiger partial charge is 0.0846 e. The molecule has 0 N–H and O–H groups in total. The minimum Gasteiger partial charge on any atom is -0.303 e. The molecule has 0 bridgehead atoms. The van der Waals surface area contributed by atoms with Gasteiger partial charge in [0.15, 0.2) is 0 Å². The highest BCUT2D eigenvalue weighted by Crippen LogP contribution is 2.38. The molecule has 2 aromatic rings. The van der Waals surface area contributed by atoms with Gasteiger partial charge < -0.3 is 9.80 Å². The number of rotatable bonds is 8. The summed E-state index contributed by atoms with van der Waals surface area (Å²) in [5.41, 5.74) is 1.62. The molecule has 2 heterocycles. The SMILES string of the molecule is CC(C)C(C#N)(CCCN1CCC(N2CCC(C#N)(c3ccccc3)CC2)CC1)c1ccccc1. The maximum atomic E-state index is 10.2. The number of piperidine rings is 2. The van der Waals surface area contributed by atoms with Crippen LogP contribution in [-0.4, -0.2) is 48.6 Å². The molecule has 2 saturated heterocycles. The third-order valence-electron chi connectivity index (χ3n) is 8.78. The molecule has 4 heteroatoms. The van der Waals surface area contributed by atoms with Gasteiger partial charge in [-0.2, -0.15) is 10.5 Å². The van der Waals surface area contributed by atoms with E-state index in [9.17, 15) is 10.5 Å². The Bertz CT molecular complexity index is 1000. The van der Waals surface area contributed by atoms with Crippen molar-refractivity contribution >= 4 is 0 Å². The van der Waals surface area contributed by atoms with Crippen LogP contribution in [0.5, 0.6) is 0 Å². The van der Waals surface area contributed by atoms with Crippen LogP contribution in [0.25, 0.3) is 0 Å². The molecule has 2 aliphatic rings. The number of nitriles is 2. The molecule has 4 rings (SSSR count). The Morgan fingerprint density at radius 1 is 0.914 bits per heavy atom. The van der Waals surface area contributed by atoms with Crippen LogP contribution in [0.3, 0.4) is 0 Å². The molecule has 0 saturated carbocycles. The lowest BCUT2D eigenvalue weighted by Gasteiger charge is -2.44. The fourth-order valence-electron chi connectivity index (χ4n) is 6.33. The van der Waals surface area contributed by atoms with E-state index in [1.54, 1.807) is 0 Å². The Labute approximate surface area is 212 Å². The van der Waals surface area contributed by atoms with E-state index in [0.29, 0.717) is 6.04 Å². The molecule has 4 nitrogen and oxygen atoms in total. The van der Waals surface area contributed by atoms with Crippen LogP contribution in [0.1, 0.15) is 63.5 Å². The first-order chi connectivity index (χ1) is 17.0. The van der Waals surface area contributed by atoms with Gasteiger partial charge in [0.1, 0.15) is 0 Å². The normalized spacial score (nSPS) is 21.2. The van der Waals surface area contributed by atoms with Crippen molar-refractivity contribution in [2.75, 3.05) is 32.7 Å². The van der Waals surface area contributed by atoms with E-state index in [1.807, 2.05) is 12.1 Å². The second kappa shape index (κ2) is 11.4. The van der Waals surface area contributed by atoms with Gasteiger partial charge in [0, 0.05) is 19.1 Å². The van der Waals surface area contributed by atoms with Crippen LogP contribution in [0.2, 0.25) is 0 Å². The second-order valence-corrected chi connectivity index (χ2v) is 10.9. The van der Waals surface area contributed by atoms with Crippen molar-refractivity contribution in [3.05, 3.63) is 71.8 Å². The molecule has 0 spiro atoms. The van der Waals surface area contributed by atoms with Crippen molar-refractivity contribution in [3.8, 4) is 12.1 Å². The van der Waals surface area contributed by atoms with Gasteiger partial charge in [-0.05, 0) is 75.2 Å². The van der Waals surface area contributed by atoms with Crippen molar-refractivity contribution in [2.24, 2.45) is 5.92 Å². The zero-order valence-electron chi connectivity index (χ0n) is 21.5. The highest BCUT2D eigenvalue weighted by atomic mass is 15.2. The molecular formula is C31H40N4. The van der Waals surface area contributed by atoms with Gasteiger partial charge >= 0.3 is 0 Å². The number of likely N-dealkylation sites (tertiary alicyclic amines) is 2. The molecule has 1 unspecified atom stereocenters. The van der Waals surface area contributed by atoms with Crippen LogP contribution >= 0.6 is 0 Å². The number of hydrogen-bond donors (Lipinski definition) is 0. The largest absolute Gasteiger partial charge is 0.303 e. The molecule has 2 aromatic carbocycles. The Morgan fingerprint density at radius 3 is 2.06 bits per heavy atom. The lowest BCUT2D eigenvalue weighted by Crippen LogP contribution is -2.50. The summed E-state index contributed by atoms with van der Waals surface area (Å²) in [6.07, 6.45) is 6.23. The molecule has 2 fully saturated rings. The molecular weight excluding hydrogens is 428 g/mol. The van der Waals surface area contributed by atoms with E-state index in [-0.39, 0.29) is 11.3 Å². The highest BCUT2D eigenvalue weighted by molar-refractivity contribution is 5.34. The molecule has 0 aromatic heterocycles. The van der Waals surface area contributed by atoms with Crippen LogP contribution in [0, 0.1) is 28.6 Å². The zero-order valence-corrected chi connectivity index (χ0v) is 21.5. The van der Waals surface area contributed by atoms with E-state index in [1.165, 1.54) is 18.4 Å². The maximum absolute atomic E-state index is 10.2. The topological polar surface area (TPSA) is 54.1 Å². The van der Waals surface area contributed by atoms with E-state index < -0.39 is 5.41 Å². The minimum atomic E-state index is -0.403. The molecule has 184 valence electrons. The Morgan fingerprint density at radius 2 is 1.51 bits per heavy atom. The van der Waals surface area contributed by atoms with Crippen molar-refractivity contribution < 1.29 is 0 Å². The van der Waals surface area contributed by atoms with Gasteiger partial charge in [-0.3, -0.25) is 0 Å². The fourth-order valence-corrected chi connectivity index (χ4v) is 6.33. The van der Waals surface area contributed by atoms with Crippen LogP contribution in [-0.2, 0) is 10.8 Å². The van der Waals surface area contributed by atoms with Gasteiger partial charge in [0.25, 0.3) is 0 Å². The lowest BCUT2D eigenvalue weighted by atomic mass is 9.70. The fraction of sp³-hybridized carbons (Fsp3) is 0.548. The standard InChI is InChI=1S/C31H40N4/c1-26(2)31(25-33,28-12-7-4-8-13-28)16-9-19-34-20-14-29(15-21-34)35-22-17-30(24-32,18-23-35)27-10-5-3-6-11-27/h3-8,10-13,26,29H,9,14-23H2,1-2H3. The van der Waals surface area contributed by atoms with E-state index in [4.69, 9.17) is 0 Å². The average molecular weight is 469 g/mol. The molecule has 0 amide bonds. The monoisotopic (exact) mass is 468 g/mol. The Hall–Kier alpha value is -2.66. The Balaban J connectivity index is 1.25. The second-order valence-electron chi connectivity index (χ2n) is 10.9. The van der Waals surface area contributed by atoms with Crippen molar-refractivity contribution in [1.29, 1.82) is 10.5 Å². The highest BCUT2D eigenvalue weighted by Gasteiger charge is 2.39. The molecule has 0 aliphatic carbocycles. The number of nitrogens with zero attached hydrogens (tertiary/aromatic N) is 4. The average Bonchev–Trinajstić information content (AvgIpc) is 2.92. The quantitative estimate of drug-likeness (QED) is 0.484. The summed E-state index contributed by atoms with van der Waals surface area (Å²) in [6.45, 7) is 9.73. The van der Waals surface area contributed by atoms with Crippen molar-refractivity contribution in [2.45, 2.75) is 69.2 Å². The lowest BCUT2D eigenvalue weighted by molar-refractivity contribution is 0.0770. The van der Waals surface area contributed by atoms with Gasteiger partial charge in [0.05, 0.1) is 23.0 Å². The summed E-state index contributed by atoms with van der Waals surface area (Å²) < 4.78 is 0. The summed E-state index contributed by atoms with van der Waals surface area (Å²) in [6, 6.07) is 26.7. The summed E-state index contributed by atoms with van der Waals surface area (Å²) in [5, 5.41) is 20.1. The van der Waals surface area contributed by atoms with Gasteiger partial charge in [0.2, 0.25) is 0 Å². The summed E-state index contributed by atoms with van der Waals surface area (Å²) in [7, 11) is 0. The summed E-state index contributed by atoms with van der Waals surface area (Å²) in [4.78, 5) is 5.24. The minimum absolute atomic E-state index is 0.288. The third kappa shape index (κ3) is 5.45. The molecule has 35 heavy (non-hydrogen) atoms. The molecule has 0 radical (unpaired) electrons. The number of benzene rings is 2. The zero-order chi connectivity index (χ0) is 24.7. The van der Waals surface area contributed by atoms with Crippen LogP contribution in [0.15, 0.2) is 60.7 Å². The molecule has 2 aliphatic heterocycles. The van der Waals surface area contributed by atoms with Gasteiger partial charge in [-0.1, -0.05) is 74.5 Å². The first-order valence-corrected chi connectivity index (χ1v) is 13.4. The predicted octanol–water partition coefficient (Wildman–Crippen LogP) is 5.91. The van der Waals surface area contributed by atoms with E-state index >= 15 is 0 Å². The third-order valence-corrected chi connectivity index (χ3v) is 8.78. The first-order valence-electron chi connectivity index (χ1n) is 13.4. The van der Waals surface area contributed by atoms with Gasteiger partial charge in [-0.15, -0.1) is 0 Å². The van der Waals surface area contributed by atoms with Crippen molar-refractivity contribution in [3.63, 3.8) is 0 Å². The predicted molar refractivity (Wildman–Crippen MR) is 142 cm³/mol. The molecule has 1 atom stereocenters. The van der Waals surface area contributed by atoms with Crippen LogP contribution in [0.4, 0.5) is 0 Å².